The van der Waals surface area contributed by atoms with E-state index in [0.29, 0.717) is 0 Å². The van der Waals surface area contributed by atoms with Crippen molar-refractivity contribution in [1.82, 2.24) is 19.5 Å². The van der Waals surface area contributed by atoms with Gasteiger partial charge in [0.25, 0.3) is 0 Å². The van der Waals surface area contributed by atoms with E-state index >= 15 is 0 Å². The molecule has 10 rings (SSSR count). The number of hydrogen-bond acceptors (Lipinski definition) is 4. The minimum atomic E-state index is -0.277. The maximum absolute atomic E-state index is 12.8. The van der Waals surface area contributed by atoms with Crippen LogP contribution in [0.2, 0.25) is 0 Å². The Labute approximate surface area is 439 Å². The number of imidazole rings is 1. The Morgan fingerprint density at radius 2 is 1.22 bits per heavy atom. The first kappa shape index (κ1) is 51.8. The first-order valence-corrected chi connectivity index (χ1v) is 24.9. The van der Waals surface area contributed by atoms with Gasteiger partial charge in [-0.2, -0.15) is 0 Å². The standard InChI is InChI=1S/C50H50N3O.C15H15FN.Ir/c1-30(2)39-25-33(32-17-12-11-13-18-32)26-40(31(3)4)46(39)53-44-22-15-14-21-42(44)52-48(53)38-20-16-19-37-41-29-51-43(28-45(41)54-47(37)38)34-23-35(49(5,6)7)27-36(24-34)50(8,9)10;1-15(2,3)12-8-9-17-14(10-12)11-4-6-13(16)7-5-11;/h11-19,21-31H,1-10H3;4,6-10H,1-3H3;/q2*-1;. The van der Waals surface area contributed by atoms with E-state index in [1.807, 2.05) is 24.4 Å². The predicted octanol–water partition coefficient (Wildman–Crippen LogP) is 17.9. The molecule has 0 fully saturated rings. The minimum Gasteiger partial charge on any atom is -0.500 e. The summed E-state index contributed by atoms with van der Waals surface area (Å²) in [5, 5.41) is 1.98. The van der Waals surface area contributed by atoms with Gasteiger partial charge < -0.3 is 14.0 Å². The van der Waals surface area contributed by atoms with Gasteiger partial charge in [-0.3, -0.25) is 14.4 Å². The van der Waals surface area contributed by atoms with Gasteiger partial charge in [-0.1, -0.05) is 156 Å². The number of para-hydroxylation sites is 2. The number of fused-ring (bicyclic) bond motifs is 4. The van der Waals surface area contributed by atoms with Crippen molar-refractivity contribution in [3.05, 3.63) is 192 Å². The maximum atomic E-state index is 12.8. The van der Waals surface area contributed by atoms with Crippen molar-refractivity contribution in [2.75, 3.05) is 0 Å². The number of nitrogens with zero attached hydrogens (tertiary/aromatic N) is 4. The second kappa shape index (κ2) is 20.2. The van der Waals surface area contributed by atoms with Crippen LogP contribution in [0.4, 0.5) is 4.39 Å². The molecule has 1 radical (unpaired) electrons. The van der Waals surface area contributed by atoms with Crippen LogP contribution in [0.1, 0.15) is 130 Å². The zero-order valence-corrected chi connectivity index (χ0v) is 46.3. The second-order valence-corrected chi connectivity index (χ2v) is 22.6. The second-order valence-electron chi connectivity index (χ2n) is 22.6. The summed E-state index contributed by atoms with van der Waals surface area (Å²) in [4.78, 5) is 14.7. The monoisotopic (exact) mass is 1130 g/mol. The van der Waals surface area contributed by atoms with Gasteiger partial charge in [0.15, 0.2) is 0 Å². The molecule has 369 valence electrons. The average Bonchev–Trinajstić information content (AvgIpc) is 3.92. The van der Waals surface area contributed by atoms with Crippen LogP contribution in [0.25, 0.3) is 83.7 Å². The van der Waals surface area contributed by atoms with E-state index in [1.165, 1.54) is 56.8 Å². The van der Waals surface area contributed by atoms with Crippen LogP contribution in [0.3, 0.4) is 0 Å². The number of rotatable bonds is 7. The maximum Gasteiger partial charge on any atom is 0.124 e. The molecular formula is C65H65FIrN4O-2. The summed E-state index contributed by atoms with van der Waals surface area (Å²) in [6, 6.07) is 52.0. The summed E-state index contributed by atoms with van der Waals surface area (Å²) in [5.74, 6) is 1.07. The van der Waals surface area contributed by atoms with Gasteiger partial charge in [0.1, 0.15) is 5.58 Å². The van der Waals surface area contributed by atoms with Crippen molar-refractivity contribution in [3.8, 4) is 50.7 Å². The first-order chi connectivity index (χ1) is 33.7. The number of benzene rings is 6. The van der Waals surface area contributed by atoms with Crippen LogP contribution in [0.15, 0.2) is 150 Å². The zero-order chi connectivity index (χ0) is 50.6. The molecule has 0 atom stereocenters. The van der Waals surface area contributed by atoms with E-state index < -0.39 is 0 Å². The molecule has 0 aliphatic carbocycles. The van der Waals surface area contributed by atoms with Crippen molar-refractivity contribution >= 4 is 33.0 Å². The Kier molecular flexibility index (Phi) is 14.5. The number of halogens is 1. The van der Waals surface area contributed by atoms with Crippen LogP contribution < -0.4 is 0 Å². The smallest absolute Gasteiger partial charge is 0.124 e. The molecule has 0 aliphatic heterocycles. The van der Waals surface area contributed by atoms with Gasteiger partial charge in [0, 0.05) is 61.0 Å². The van der Waals surface area contributed by atoms with E-state index in [1.54, 1.807) is 12.3 Å². The molecule has 0 amide bonds. The van der Waals surface area contributed by atoms with Crippen molar-refractivity contribution in [3.63, 3.8) is 0 Å². The summed E-state index contributed by atoms with van der Waals surface area (Å²) in [6.07, 6.45) is 3.76. The molecule has 0 saturated carbocycles. The molecule has 0 bridgehead atoms. The summed E-state index contributed by atoms with van der Waals surface area (Å²) in [7, 11) is 0. The van der Waals surface area contributed by atoms with Crippen molar-refractivity contribution in [2.24, 2.45) is 0 Å². The molecule has 72 heavy (non-hydrogen) atoms. The third kappa shape index (κ3) is 10.5. The number of pyridine rings is 2. The Hall–Kier alpha value is -6.53. The van der Waals surface area contributed by atoms with Gasteiger partial charge in [0.2, 0.25) is 0 Å². The van der Waals surface area contributed by atoms with E-state index in [9.17, 15) is 4.39 Å². The molecule has 10 aromatic rings. The van der Waals surface area contributed by atoms with Crippen molar-refractivity contribution in [1.29, 1.82) is 0 Å². The molecule has 0 N–H and O–H groups in total. The summed E-state index contributed by atoms with van der Waals surface area (Å²) >= 11 is 0. The normalized spacial score (nSPS) is 12.2. The summed E-state index contributed by atoms with van der Waals surface area (Å²) in [5.41, 5.74) is 18.1. The van der Waals surface area contributed by atoms with Crippen LogP contribution in [0, 0.1) is 17.9 Å². The quantitative estimate of drug-likeness (QED) is 0.149. The molecule has 0 aliphatic rings. The summed E-state index contributed by atoms with van der Waals surface area (Å²) < 4.78 is 22.1. The van der Waals surface area contributed by atoms with Crippen molar-refractivity contribution < 1.29 is 28.9 Å². The fraction of sp³-hybridized carbons (Fsp3) is 0.277. The van der Waals surface area contributed by atoms with Crippen LogP contribution in [-0.2, 0) is 36.4 Å². The number of aromatic nitrogens is 4. The molecule has 5 nitrogen and oxygen atoms in total. The fourth-order valence-electron chi connectivity index (χ4n) is 9.25. The third-order valence-corrected chi connectivity index (χ3v) is 13.5. The van der Waals surface area contributed by atoms with Crippen LogP contribution in [0.5, 0.6) is 0 Å². The largest absolute Gasteiger partial charge is 0.500 e. The van der Waals surface area contributed by atoms with E-state index in [-0.39, 0.29) is 54.0 Å². The zero-order valence-electron chi connectivity index (χ0n) is 43.9. The van der Waals surface area contributed by atoms with E-state index in [4.69, 9.17) is 14.4 Å². The summed E-state index contributed by atoms with van der Waals surface area (Å²) in [6.45, 7) is 29.2. The molecule has 4 heterocycles. The van der Waals surface area contributed by atoms with Gasteiger partial charge in [-0.05, 0) is 115 Å². The van der Waals surface area contributed by atoms with Crippen LogP contribution >= 0.6 is 0 Å². The van der Waals surface area contributed by atoms with Gasteiger partial charge in [0.05, 0.1) is 28.1 Å². The first-order valence-electron chi connectivity index (χ1n) is 24.9. The Morgan fingerprint density at radius 3 is 1.83 bits per heavy atom. The van der Waals surface area contributed by atoms with Crippen molar-refractivity contribution in [2.45, 2.75) is 118 Å². The topological polar surface area (TPSA) is 56.7 Å². The van der Waals surface area contributed by atoms with Gasteiger partial charge >= 0.3 is 0 Å². The Bertz CT molecular complexity index is 3480. The Morgan fingerprint density at radius 1 is 0.583 bits per heavy atom. The molecule has 0 saturated heterocycles. The molecule has 7 heteroatoms. The van der Waals surface area contributed by atoms with Gasteiger partial charge in [-0.25, -0.2) is 0 Å². The SMILES string of the molecule is CC(C)(C)c1ccnc(-c2[c-]cc(F)cc2)c1.CC(C)c1cc(-c2ccccc2)cc(C(C)C)c1-n1c(-c2[c-]ccc3c2oc2cc(-c4cc(C(C)(C)C)cc(C(C)(C)C)c4)ncc23)nc2ccccc21.[Ir]. The Balaban J connectivity index is 0.000000326. The number of furan rings is 1. The molecule has 0 unspecified atom stereocenters. The molecule has 4 aromatic heterocycles. The van der Waals surface area contributed by atoms with Gasteiger partial charge in [-0.15, -0.1) is 48.0 Å². The third-order valence-electron chi connectivity index (χ3n) is 13.5. The predicted molar refractivity (Wildman–Crippen MR) is 294 cm³/mol. The minimum absolute atomic E-state index is 0. The van der Waals surface area contributed by atoms with E-state index in [0.717, 1.165) is 66.9 Å². The van der Waals surface area contributed by atoms with Crippen LogP contribution in [-0.4, -0.2) is 19.5 Å². The fourth-order valence-corrected chi connectivity index (χ4v) is 9.25. The molecular weight excluding hydrogens is 1060 g/mol. The molecule has 0 spiro atoms. The molecule has 6 aromatic carbocycles. The number of hydrogen-bond donors (Lipinski definition) is 0. The average molecular weight is 1130 g/mol. The van der Waals surface area contributed by atoms with E-state index in [2.05, 4.69) is 209 Å².